The molecule has 22 heavy (non-hydrogen) atoms. The molecule has 0 spiro atoms. The third kappa shape index (κ3) is 4.01. The zero-order valence-electron chi connectivity index (χ0n) is 11.6. The molecule has 7 nitrogen and oxygen atoms in total. The fourth-order valence-corrected chi connectivity index (χ4v) is 2.64. The second-order valence-electron chi connectivity index (χ2n) is 4.83. The molecule has 0 aliphatic heterocycles. The number of nitrogens with one attached hydrogen (secondary N) is 2. The molecule has 2 aromatic heterocycles. The number of amides is 2. The number of hydrogen-bond acceptors (Lipinski definition) is 6. The normalized spacial score (nSPS) is 14.2. The van der Waals surface area contributed by atoms with Crippen LogP contribution in [0.2, 0.25) is 0 Å². The van der Waals surface area contributed by atoms with Crippen molar-refractivity contribution in [2.45, 2.75) is 18.8 Å². The fourth-order valence-electron chi connectivity index (χ4n) is 1.71. The summed E-state index contributed by atoms with van der Waals surface area (Å²) in [7, 11) is 0. The fraction of sp³-hybridized carbons (Fsp3) is 0.286. The van der Waals surface area contributed by atoms with E-state index in [-0.39, 0.29) is 18.4 Å². The average molecular weight is 318 g/mol. The minimum Gasteiger partial charge on any atom is -0.465 e. The highest BCUT2D eigenvalue weighted by atomic mass is 32.1. The van der Waals surface area contributed by atoms with Crippen LogP contribution in [0.25, 0.3) is 6.08 Å². The average Bonchev–Trinajstić information content (AvgIpc) is 3.03. The number of rotatable bonds is 6. The van der Waals surface area contributed by atoms with Crippen LogP contribution < -0.4 is 10.6 Å². The Labute approximate surface area is 130 Å². The minimum atomic E-state index is -0.373. The summed E-state index contributed by atoms with van der Waals surface area (Å²) in [5, 5.41) is 14.5. The lowest BCUT2D eigenvalue weighted by Crippen LogP contribution is -2.31. The van der Waals surface area contributed by atoms with Gasteiger partial charge in [-0.2, -0.15) is 0 Å². The first-order valence-electron chi connectivity index (χ1n) is 6.83. The van der Waals surface area contributed by atoms with Crippen LogP contribution >= 0.6 is 11.3 Å². The summed E-state index contributed by atoms with van der Waals surface area (Å²) in [5.74, 6) is 0.372. The molecule has 3 rings (SSSR count). The quantitative estimate of drug-likeness (QED) is 0.791. The van der Waals surface area contributed by atoms with Gasteiger partial charge >= 0.3 is 0 Å². The van der Waals surface area contributed by atoms with Crippen LogP contribution in [0.4, 0.5) is 5.13 Å². The molecule has 0 bridgehead atoms. The molecule has 1 saturated carbocycles. The Morgan fingerprint density at radius 3 is 3.00 bits per heavy atom. The molecule has 8 heteroatoms. The van der Waals surface area contributed by atoms with Crippen molar-refractivity contribution in [3.8, 4) is 0 Å². The van der Waals surface area contributed by atoms with Gasteiger partial charge < -0.3 is 9.73 Å². The zero-order chi connectivity index (χ0) is 15.4. The van der Waals surface area contributed by atoms with Crippen molar-refractivity contribution >= 4 is 34.4 Å². The van der Waals surface area contributed by atoms with Crippen LogP contribution in [0.1, 0.15) is 29.5 Å². The molecule has 0 saturated heterocycles. The molecule has 2 amide bonds. The molecule has 0 aromatic carbocycles. The highest BCUT2D eigenvalue weighted by Crippen LogP contribution is 2.41. The molecule has 0 radical (unpaired) electrons. The van der Waals surface area contributed by atoms with Gasteiger partial charge in [-0.15, -0.1) is 10.2 Å². The van der Waals surface area contributed by atoms with Gasteiger partial charge in [0.05, 0.1) is 12.8 Å². The molecule has 2 aromatic rings. The SMILES string of the molecule is O=C(/C=C/c1ccco1)NCC(=O)Nc1nnc(C2CC2)s1. The van der Waals surface area contributed by atoms with Gasteiger partial charge in [-0.1, -0.05) is 11.3 Å². The summed E-state index contributed by atoms with van der Waals surface area (Å²) >= 11 is 1.38. The molecule has 1 aliphatic carbocycles. The Kier molecular flexibility index (Phi) is 4.29. The summed E-state index contributed by atoms with van der Waals surface area (Å²) < 4.78 is 5.06. The Balaban J connectivity index is 1.42. The van der Waals surface area contributed by atoms with Crippen molar-refractivity contribution in [2.24, 2.45) is 0 Å². The maximum absolute atomic E-state index is 11.7. The Bertz CT molecular complexity index is 689. The van der Waals surface area contributed by atoms with E-state index < -0.39 is 0 Å². The van der Waals surface area contributed by atoms with E-state index in [1.165, 1.54) is 29.8 Å². The summed E-state index contributed by atoms with van der Waals surface area (Å²) in [6.45, 7) is -0.125. The largest absolute Gasteiger partial charge is 0.465 e. The molecular formula is C14H14N4O3S. The molecule has 2 N–H and O–H groups in total. The van der Waals surface area contributed by atoms with Crippen molar-refractivity contribution in [2.75, 3.05) is 11.9 Å². The Morgan fingerprint density at radius 2 is 2.27 bits per heavy atom. The van der Waals surface area contributed by atoms with Gasteiger partial charge in [-0.25, -0.2) is 0 Å². The van der Waals surface area contributed by atoms with Gasteiger partial charge in [0.25, 0.3) is 0 Å². The standard InChI is InChI=1S/C14H14N4O3S/c19-11(6-5-10-2-1-7-21-10)15-8-12(20)16-14-18-17-13(22-14)9-3-4-9/h1-2,5-7,9H,3-4,8H2,(H,15,19)(H,16,18,20)/b6-5+. The molecule has 0 atom stereocenters. The molecule has 1 aliphatic rings. The number of carbonyl (C=O) groups excluding carboxylic acids is 2. The van der Waals surface area contributed by atoms with E-state index in [0.29, 0.717) is 16.8 Å². The van der Waals surface area contributed by atoms with Crippen molar-refractivity contribution in [3.05, 3.63) is 35.2 Å². The first kappa shape index (κ1) is 14.5. The second kappa shape index (κ2) is 6.52. The third-order valence-electron chi connectivity index (χ3n) is 2.98. The van der Waals surface area contributed by atoms with E-state index in [9.17, 15) is 9.59 Å². The van der Waals surface area contributed by atoms with Crippen LogP contribution in [-0.2, 0) is 9.59 Å². The number of furan rings is 1. The Hall–Kier alpha value is -2.48. The van der Waals surface area contributed by atoms with Crippen molar-refractivity contribution in [1.82, 2.24) is 15.5 Å². The maximum atomic E-state index is 11.7. The predicted molar refractivity (Wildman–Crippen MR) is 81.3 cm³/mol. The topological polar surface area (TPSA) is 97.1 Å². The number of hydrogen-bond donors (Lipinski definition) is 2. The predicted octanol–water partition coefficient (Wildman–Crippen LogP) is 1.78. The summed E-state index contributed by atoms with van der Waals surface area (Å²) in [5.41, 5.74) is 0. The van der Waals surface area contributed by atoms with Gasteiger partial charge in [0.2, 0.25) is 16.9 Å². The van der Waals surface area contributed by atoms with E-state index in [0.717, 1.165) is 17.8 Å². The summed E-state index contributed by atoms with van der Waals surface area (Å²) in [6.07, 6.45) is 6.63. The highest BCUT2D eigenvalue weighted by Gasteiger charge is 2.27. The molecule has 1 fully saturated rings. The van der Waals surface area contributed by atoms with E-state index in [1.54, 1.807) is 12.1 Å². The molecule has 114 valence electrons. The lowest BCUT2D eigenvalue weighted by atomic mass is 10.4. The van der Waals surface area contributed by atoms with Crippen molar-refractivity contribution in [3.63, 3.8) is 0 Å². The van der Waals surface area contributed by atoms with Gasteiger partial charge in [0, 0.05) is 12.0 Å². The minimum absolute atomic E-state index is 0.125. The van der Waals surface area contributed by atoms with Crippen LogP contribution in [0.3, 0.4) is 0 Å². The van der Waals surface area contributed by atoms with Crippen LogP contribution in [-0.4, -0.2) is 28.6 Å². The maximum Gasteiger partial charge on any atom is 0.245 e. The van der Waals surface area contributed by atoms with E-state index >= 15 is 0 Å². The summed E-state index contributed by atoms with van der Waals surface area (Å²) in [6, 6.07) is 3.45. The third-order valence-corrected chi connectivity index (χ3v) is 3.98. The van der Waals surface area contributed by atoms with Crippen LogP contribution in [0.5, 0.6) is 0 Å². The number of aromatic nitrogens is 2. The van der Waals surface area contributed by atoms with Gasteiger partial charge in [-0.3, -0.25) is 14.9 Å². The molecular weight excluding hydrogens is 304 g/mol. The van der Waals surface area contributed by atoms with Gasteiger partial charge in [0.15, 0.2) is 0 Å². The first-order valence-corrected chi connectivity index (χ1v) is 7.65. The number of carbonyl (C=O) groups is 2. The van der Waals surface area contributed by atoms with Gasteiger partial charge in [0.1, 0.15) is 10.8 Å². The summed E-state index contributed by atoms with van der Waals surface area (Å²) in [4.78, 5) is 23.3. The lowest BCUT2D eigenvalue weighted by Gasteiger charge is -2.01. The number of anilines is 1. The van der Waals surface area contributed by atoms with E-state index in [2.05, 4.69) is 20.8 Å². The van der Waals surface area contributed by atoms with Gasteiger partial charge in [-0.05, 0) is 31.1 Å². The van der Waals surface area contributed by atoms with Crippen molar-refractivity contribution < 1.29 is 14.0 Å². The van der Waals surface area contributed by atoms with Crippen LogP contribution in [0, 0.1) is 0 Å². The second-order valence-corrected chi connectivity index (χ2v) is 5.84. The monoisotopic (exact) mass is 318 g/mol. The smallest absolute Gasteiger partial charge is 0.245 e. The highest BCUT2D eigenvalue weighted by molar-refractivity contribution is 7.15. The van der Waals surface area contributed by atoms with Crippen LogP contribution in [0.15, 0.2) is 28.9 Å². The lowest BCUT2D eigenvalue weighted by molar-refractivity contribution is -0.121. The van der Waals surface area contributed by atoms with Crippen molar-refractivity contribution in [1.29, 1.82) is 0 Å². The Morgan fingerprint density at radius 1 is 1.41 bits per heavy atom. The first-order chi connectivity index (χ1) is 10.7. The van der Waals surface area contributed by atoms with E-state index in [1.807, 2.05) is 0 Å². The number of nitrogens with zero attached hydrogens (tertiary/aromatic N) is 2. The molecule has 2 heterocycles. The zero-order valence-corrected chi connectivity index (χ0v) is 12.4. The molecule has 0 unspecified atom stereocenters. The van der Waals surface area contributed by atoms with E-state index in [4.69, 9.17) is 4.42 Å².